The molecule has 0 aromatic heterocycles. The van der Waals surface area contributed by atoms with Crippen LogP contribution in [0, 0.1) is 0 Å². The minimum Gasteiger partial charge on any atom is -0.493 e. The van der Waals surface area contributed by atoms with Crippen molar-refractivity contribution in [3.8, 4) is 11.5 Å². The Balaban J connectivity index is 1.97. The maximum absolute atomic E-state index is 12.7. The van der Waals surface area contributed by atoms with Crippen molar-refractivity contribution in [2.24, 2.45) is 5.10 Å². The van der Waals surface area contributed by atoms with E-state index in [1.54, 1.807) is 49.4 Å². The quantitative estimate of drug-likeness (QED) is 0.638. The van der Waals surface area contributed by atoms with Crippen LogP contribution in [-0.4, -0.2) is 53.2 Å². The third-order valence-electron chi connectivity index (χ3n) is 4.84. The summed E-state index contributed by atoms with van der Waals surface area (Å²) in [7, 11) is -3.96. The van der Waals surface area contributed by atoms with Crippen LogP contribution < -0.4 is 14.2 Å². The van der Waals surface area contributed by atoms with Gasteiger partial charge in [0.2, 0.25) is 20.0 Å². The first-order chi connectivity index (χ1) is 14.6. The third-order valence-corrected chi connectivity index (χ3v) is 7.08. The molecule has 31 heavy (non-hydrogen) atoms. The summed E-state index contributed by atoms with van der Waals surface area (Å²) in [6, 6.07) is 11.4. The highest BCUT2D eigenvalue weighted by Gasteiger charge is 2.36. The monoisotopic (exact) mass is 467 g/mol. The minimum atomic E-state index is -3.62. The van der Waals surface area contributed by atoms with Crippen molar-refractivity contribution in [1.82, 2.24) is 4.41 Å². The van der Waals surface area contributed by atoms with E-state index in [-0.39, 0.29) is 5.75 Å². The van der Waals surface area contributed by atoms with Crippen molar-refractivity contribution in [1.29, 1.82) is 0 Å². The van der Waals surface area contributed by atoms with E-state index in [0.717, 1.165) is 16.2 Å². The SMILES string of the molecule is CCS(=O)(=O)N1N=C(c2ccc(NS(C)(=O)=O)cc2)C[C@H]1c1ccc(OC)c(OC)c1. The fraction of sp³-hybridized carbons (Fsp3) is 0.350. The van der Waals surface area contributed by atoms with Gasteiger partial charge in [0.1, 0.15) is 0 Å². The molecule has 0 spiro atoms. The fourth-order valence-corrected chi connectivity index (χ4v) is 4.94. The van der Waals surface area contributed by atoms with Gasteiger partial charge in [-0.2, -0.15) is 9.52 Å². The van der Waals surface area contributed by atoms with Gasteiger partial charge in [0.15, 0.2) is 11.5 Å². The Hall–Kier alpha value is -2.79. The summed E-state index contributed by atoms with van der Waals surface area (Å²) in [6.45, 7) is 1.57. The second-order valence-electron chi connectivity index (χ2n) is 7.01. The molecule has 1 aliphatic rings. The molecule has 168 valence electrons. The van der Waals surface area contributed by atoms with Gasteiger partial charge in [-0.15, -0.1) is 0 Å². The van der Waals surface area contributed by atoms with Crippen molar-refractivity contribution < 1.29 is 26.3 Å². The first-order valence-corrected chi connectivity index (χ1v) is 13.0. The predicted octanol–water partition coefficient (Wildman–Crippen LogP) is 2.58. The Morgan fingerprint density at radius 1 is 1.03 bits per heavy atom. The molecule has 2 aromatic rings. The van der Waals surface area contributed by atoms with E-state index in [2.05, 4.69) is 9.82 Å². The number of hydrazone groups is 1. The molecule has 0 aliphatic carbocycles. The number of benzene rings is 2. The van der Waals surface area contributed by atoms with E-state index >= 15 is 0 Å². The zero-order valence-corrected chi connectivity index (χ0v) is 19.3. The van der Waals surface area contributed by atoms with Crippen LogP contribution in [0.1, 0.15) is 30.5 Å². The van der Waals surface area contributed by atoms with E-state index in [0.29, 0.717) is 34.9 Å². The Morgan fingerprint density at radius 2 is 1.68 bits per heavy atom. The normalized spacial score (nSPS) is 16.7. The summed E-state index contributed by atoms with van der Waals surface area (Å²) in [6.07, 6.45) is 1.43. The van der Waals surface area contributed by atoms with Gasteiger partial charge < -0.3 is 9.47 Å². The standard InChI is InChI=1S/C20H25N3O6S2/c1-5-31(26,27)23-18(15-8-11-19(28-2)20(12-15)29-3)13-17(21-23)14-6-9-16(10-7-14)22-30(4,24)25/h6-12,18,22H,5,13H2,1-4H3/t18-/m0/s1. The lowest BCUT2D eigenvalue weighted by Crippen LogP contribution is -2.28. The lowest BCUT2D eigenvalue weighted by Gasteiger charge is -2.23. The maximum Gasteiger partial charge on any atom is 0.250 e. The number of hydrogen-bond acceptors (Lipinski definition) is 7. The second kappa shape index (κ2) is 8.75. The van der Waals surface area contributed by atoms with Gasteiger partial charge in [0.05, 0.1) is 38.0 Å². The molecular formula is C20H25N3O6S2. The Kier molecular flexibility index (Phi) is 6.46. The van der Waals surface area contributed by atoms with E-state index in [9.17, 15) is 16.8 Å². The third kappa shape index (κ3) is 5.10. The summed E-state index contributed by atoms with van der Waals surface area (Å²) >= 11 is 0. The van der Waals surface area contributed by atoms with Crippen molar-refractivity contribution in [2.45, 2.75) is 19.4 Å². The minimum absolute atomic E-state index is 0.0925. The van der Waals surface area contributed by atoms with E-state index in [4.69, 9.17) is 9.47 Å². The molecule has 11 heteroatoms. The van der Waals surface area contributed by atoms with Crippen LogP contribution >= 0.6 is 0 Å². The summed E-state index contributed by atoms with van der Waals surface area (Å²) < 4.78 is 62.4. The molecule has 3 rings (SSSR count). The number of nitrogens with zero attached hydrogens (tertiary/aromatic N) is 2. The van der Waals surface area contributed by atoms with Gasteiger partial charge in [-0.05, 0) is 42.3 Å². The molecule has 9 nitrogen and oxygen atoms in total. The number of nitrogens with one attached hydrogen (secondary N) is 1. The average molecular weight is 468 g/mol. The Morgan fingerprint density at radius 3 is 2.23 bits per heavy atom. The first-order valence-electron chi connectivity index (χ1n) is 9.47. The molecule has 0 unspecified atom stereocenters. The largest absolute Gasteiger partial charge is 0.493 e. The maximum atomic E-state index is 12.7. The van der Waals surface area contributed by atoms with Crippen LogP contribution in [0.25, 0.3) is 0 Å². The van der Waals surface area contributed by atoms with Gasteiger partial charge in [0, 0.05) is 12.1 Å². The predicted molar refractivity (Wildman–Crippen MR) is 120 cm³/mol. The molecule has 1 heterocycles. The van der Waals surface area contributed by atoms with E-state index in [1.165, 1.54) is 14.2 Å². The molecule has 1 atom stereocenters. The van der Waals surface area contributed by atoms with Crippen LogP contribution in [0.3, 0.4) is 0 Å². The summed E-state index contributed by atoms with van der Waals surface area (Å²) in [5.41, 5.74) is 2.43. The van der Waals surface area contributed by atoms with Crippen LogP contribution in [0.15, 0.2) is 47.6 Å². The average Bonchev–Trinajstić information content (AvgIpc) is 3.19. The highest BCUT2D eigenvalue weighted by molar-refractivity contribution is 7.92. The molecule has 1 aliphatic heterocycles. The lowest BCUT2D eigenvalue weighted by atomic mass is 9.98. The van der Waals surface area contributed by atoms with E-state index < -0.39 is 26.1 Å². The number of sulfonamides is 2. The number of rotatable bonds is 8. The summed E-state index contributed by atoms with van der Waals surface area (Å²) in [5, 5.41) is 4.41. The Labute approximate surface area is 182 Å². The van der Waals surface area contributed by atoms with Crippen LogP contribution in [-0.2, 0) is 20.0 Å². The van der Waals surface area contributed by atoms with Crippen molar-refractivity contribution in [2.75, 3.05) is 31.0 Å². The van der Waals surface area contributed by atoms with Crippen LogP contribution in [0.4, 0.5) is 5.69 Å². The van der Waals surface area contributed by atoms with Gasteiger partial charge in [0.25, 0.3) is 0 Å². The fourth-order valence-electron chi connectivity index (χ4n) is 3.30. The number of ether oxygens (including phenoxy) is 2. The zero-order valence-electron chi connectivity index (χ0n) is 17.7. The van der Waals surface area contributed by atoms with E-state index in [1.807, 2.05) is 0 Å². The molecule has 0 radical (unpaired) electrons. The van der Waals surface area contributed by atoms with Gasteiger partial charge in [-0.3, -0.25) is 4.72 Å². The molecule has 0 fully saturated rings. The molecule has 0 saturated carbocycles. The van der Waals surface area contributed by atoms with Crippen molar-refractivity contribution >= 4 is 31.4 Å². The molecule has 0 saturated heterocycles. The highest BCUT2D eigenvalue weighted by atomic mass is 32.2. The van der Waals surface area contributed by atoms with Crippen LogP contribution in [0.5, 0.6) is 11.5 Å². The molecule has 0 bridgehead atoms. The van der Waals surface area contributed by atoms with Gasteiger partial charge in [-0.25, -0.2) is 16.8 Å². The smallest absolute Gasteiger partial charge is 0.250 e. The van der Waals surface area contributed by atoms with Crippen molar-refractivity contribution in [3.63, 3.8) is 0 Å². The summed E-state index contributed by atoms with van der Waals surface area (Å²) in [4.78, 5) is 0. The molecule has 2 aromatic carbocycles. The first kappa shape index (κ1) is 22.9. The van der Waals surface area contributed by atoms with Gasteiger partial charge in [-0.1, -0.05) is 18.2 Å². The van der Waals surface area contributed by atoms with Crippen LogP contribution in [0.2, 0.25) is 0 Å². The molecule has 1 N–H and O–H groups in total. The number of methoxy groups -OCH3 is 2. The highest BCUT2D eigenvalue weighted by Crippen LogP contribution is 2.38. The summed E-state index contributed by atoms with van der Waals surface area (Å²) in [5.74, 6) is 0.952. The Bertz CT molecular complexity index is 1190. The number of anilines is 1. The molecule has 0 amide bonds. The zero-order chi connectivity index (χ0) is 22.8. The van der Waals surface area contributed by atoms with Crippen molar-refractivity contribution in [3.05, 3.63) is 53.6 Å². The lowest BCUT2D eigenvalue weighted by molar-refractivity contribution is 0.348. The number of hydrogen-bond donors (Lipinski definition) is 1. The second-order valence-corrected chi connectivity index (χ2v) is 10.9. The molecular weight excluding hydrogens is 442 g/mol. The topological polar surface area (TPSA) is 114 Å². The van der Waals surface area contributed by atoms with Gasteiger partial charge >= 0.3 is 0 Å².